The summed E-state index contributed by atoms with van der Waals surface area (Å²) in [6.45, 7) is 0. The van der Waals surface area contributed by atoms with Crippen LogP contribution in [-0.2, 0) is 10.1 Å². The minimum Gasteiger partial charge on any atom is -0.496 e. The molecule has 1 aliphatic heterocycles. The zero-order valence-corrected chi connectivity index (χ0v) is 16.5. The normalized spacial score (nSPS) is 14.4. The van der Waals surface area contributed by atoms with Crippen LogP contribution >= 0.6 is 0 Å². The standard InChI is InChI=1S/C19H18O8S/c1-23-14-10-17(25-3)16(24-2)7-11(14)8-18-19(20)13-6-5-12(9-15(13)26-18)27-28(4,21)22/h5-10H,1-4H3/b18-8+. The lowest BCUT2D eigenvalue weighted by Gasteiger charge is -2.12. The van der Waals surface area contributed by atoms with Crippen LogP contribution in [0.15, 0.2) is 36.1 Å². The maximum absolute atomic E-state index is 12.6. The number of ketones is 1. The quantitative estimate of drug-likeness (QED) is 0.534. The van der Waals surface area contributed by atoms with Gasteiger partial charge in [0.2, 0.25) is 5.78 Å². The predicted molar refractivity (Wildman–Crippen MR) is 101 cm³/mol. The van der Waals surface area contributed by atoms with Crippen LogP contribution in [0.5, 0.6) is 28.7 Å². The van der Waals surface area contributed by atoms with Crippen LogP contribution in [0.3, 0.4) is 0 Å². The van der Waals surface area contributed by atoms with Crippen molar-refractivity contribution in [3.05, 3.63) is 47.2 Å². The molecule has 0 bridgehead atoms. The van der Waals surface area contributed by atoms with Gasteiger partial charge in [0.25, 0.3) is 0 Å². The van der Waals surface area contributed by atoms with Gasteiger partial charge in [-0.2, -0.15) is 8.42 Å². The third-order valence-electron chi connectivity index (χ3n) is 3.91. The molecule has 0 aromatic heterocycles. The second kappa shape index (κ2) is 7.43. The average Bonchev–Trinajstić information content (AvgIpc) is 2.95. The fourth-order valence-electron chi connectivity index (χ4n) is 2.70. The molecular formula is C19H18O8S. The second-order valence-electron chi connectivity index (χ2n) is 5.83. The first-order valence-electron chi connectivity index (χ1n) is 8.03. The Kier molecular flexibility index (Phi) is 5.19. The Morgan fingerprint density at radius 1 is 0.929 bits per heavy atom. The van der Waals surface area contributed by atoms with E-state index >= 15 is 0 Å². The molecule has 28 heavy (non-hydrogen) atoms. The Bertz CT molecular complexity index is 1070. The molecule has 0 unspecified atom stereocenters. The number of fused-ring (bicyclic) bond motifs is 1. The molecule has 2 aromatic rings. The van der Waals surface area contributed by atoms with Crippen LogP contribution in [0.4, 0.5) is 0 Å². The molecule has 1 heterocycles. The van der Waals surface area contributed by atoms with Crippen molar-refractivity contribution in [1.82, 2.24) is 0 Å². The highest BCUT2D eigenvalue weighted by Crippen LogP contribution is 2.39. The summed E-state index contributed by atoms with van der Waals surface area (Å²) in [7, 11) is 0.803. The van der Waals surface area contributed by atoms with E-state index in [2.05, 4.69) is 0 Å². The molecule has 148 valence electrons. The number of carbonyl (C=O) groups excluding carboxylic acids is 1. The highest BCUT2D eigenvalue weighted by atomic mass is 32.2. The molecule has 2 aromatic carbocycles. The van der Waals surface area contributed by atoms with E-state index in [9.17, 15) is 13.2 Å². The molecule has 0 amide bonds. The maximum atomic E-state index is 12.6. The van der Waals surface area contributed by atoms with Crippen molar-refractivity contribution < 1.29 is 36.3 Å². The fraction of sp³-hybridized carbons (Fsp3) is 0.211. The monoisotopic (exact) mass is 406 g/mol. The van der Waals surface area contributed by atoms with E-state index in [0.717, 1.165) is 6.26 Å². The van der Waals surface area contributed by atoms with Crippen molar-refractivity contribution in [2.45, 2.75) is 0 Å². The Morgan fingerprint density at radius 2 is 1.57 bits per heavy atom. The van der Waals surface area contributed by atoms with Crippen molar-refractivity contribution in [1.29, 1.82) is 0 Å². The maximum Gasteiger partial charge on any atom is 0.306 e. The van der Waals surface area contributed by atoms with Crippen LogP contribution < -0.4 is 23.1 Å². The third-order valence-corrected chi connectivity index (χ3v) is 4.41. The minimum atomic E-state index is -3.69. The Labute approximate surface area is 162 Å². The van der Waals surface area contributed by atoms with E-state index in [0.29, 0.717) is 28.4 Å². The molecule has 8 nitrogen and oxygen atoms in total. The van der Waals surface area contributed by atoms with Gasteiger partial charge in [-0.25, -0.2) is 0 Å². The number of carbonyl (C=O) groups is 1. The Morgan fingerprint density at radius 3 is 2.18 bits per heavy atom. The summed E-state index contributed by atoms with van der Waals surface area (Å²) in [6.07, 6.45) is 2.45. The number of methoxy groups -OCH3 is 3. The lowest BCUT2D eigenvalue weighted by atomic mass is 10.1. The second-order valence-corrected chi connectivity index (χ2v) is 7.41. The molecule has 1 aliphatic rings. The predicted octanol–water partition coefficient (Wildman–Crippen LogP) is 2.67. The molecule has 0 saturated carbocycles. The van der Waals surface area contributed by atoms with Crippen LogP contribution in [0.25, 0.3) is 6.08 Å². The van der Waals surface area contributed by atoms with E-state index < -0.39 is 10.1 Å². The van der Waals surface area contributed by atoms with Gasteiger partial charge in [-0.05, 0) is 24.3 Å². The summed E-state index contributed by atoms with van der Waals surface area (Å²) >= 11 is 0. The third kappa shape index (κ3) is 3.89. The first-order valence-corrected chi connectivity index (χ1v) is 9.85. The van der Waals surface area contributed by atoms with Gasteiger partial charge in [0.15, 0.2) is 17.3 Å². The number of ether oxygens (including phenoxy) is 4. The van der Waals surface area contributed by atoms with E-state index in [1.54, 1.807) is 12.1 Å². The van der Waals surface area contributed by atoms with Gasteiger partial charge in [0.05, 0.1) is 33.1 Å². The smallest absolute Gasteiger partial charge is 0.306 e. The molecule has 0 N–H and O–H groups in total. The van der Waals surface area contributed by atoms with E-state index in [1.807, 2.05) is 0 Å². The first-order chi connectivity index (χ1) is 13.3. The minimum absolute atomic E-state index is 0.0528. The number of allylic oxidation sites excluding steroid dienone is 1. The number of rotatable bonds is 6. The number of Topliss-reactive ketones (excluding diaryl/α,β-unsaturated/α-hetero) is 1. The van der Waals surface area contributed by atoms with Gasteiger partial charge in [0, 0.05) is 17.7 Å². The van der Waals surface area contributed by atoms with Crippen molar-refractivity contribution >= 4 is 22.0 Å². The van der Waals surface area contributed by atoms with Crippen LogP contribution in [0.1, 0.15) is 15.9 Å². The van der Waals surface area contributed by atoms with Crippen molar-refractivity contribution in [3.63, 3.8) is 0 Å². The van der Waals surface area contributed by atoms with Gasteiger partial charge in [-0.15, -0.1) is 0 Å². The SMILES string of the molecule is COc1cc(OC)c(OC)cc1/C=C1/Oc2cc(OS(C)(=O)=O)ccc2C1=O. The van der Waals surface area contributed by atoms with Gasteiger partial charge >= 0.3 is 10.1 Å². The summed E-state index contributed by atoms with van der Waals surface area (Å²) < 4.78 is 48.9. The fourth-order valence-corrected chi connectivity index (χ4v) is 3.15. The molecular weight excluding hydrogens is 388 g/mol. The number of benzene rings is 2. The number of hydrogen-bond donors (Lipinski definition) is 0. The molecule has 3 rings (SSSR count). The Hall–Kier alpha value is -3.20. The highest BCUT2D eigenvalue weighted by molar-refractivity contribution is 7.86. The van der Waals surface area contributed by atoms with Gasteiger partial charge < -0.3 is 23.1 Å². The zero-order chi connectivity index (χ0) is 20.5. The van der Waals surface area contributed by atoms with E-state index in [-0.39, 0.29) is 23.0 Å². The van der Waals surface area contributed by atoms with Gasteiger partial charge in [0.1, 0.15) is 17.2 Å². The zero-order valence-electron chi connectivity index (χ0n) is 15.6. The molecule has 0 radical (unpaired) electrons. The first kappa shape index (κ1) is 19.6. The van der Waals surface area contributed by atoms with Crippen molar-refractivity contribution in [2.75, 3.05) is 27.6 Å². The lowest BCUT2D eigenvalue weighted by molar-refractivity contribution is 0.101. The molecule has 0 aliphatic carbocycles. The summed E-state index contributed by atoms with van der Waals surface area (Å²) in [5.41, 5.74) is 0.843. The summed E-state index contributed by atoms with van der Waals surface area (Å²) in [5, 5.41) is 0. The molecule has 0 saturated heterocycles. The summed E-state index contributed by atoms with van der Waals surface area (Å²) in [6, 6.07) is 7.48. The highest BCUT2D eigenvalue weighted by Gasteiger charge is 2.28. The van der Waals surface area contributed by atoms with Crippen LogP contribution in [0.2, 0.25) is 0 Å². The van der Waals surface area contributed by atoms with E-state index in [1.165, 1.54) is 45.6 Å². The van der Waals surface area contributed by atoms with Gasteiger partial charge in [-0.1, -0.05) is 0 Å². The van der Waals surface area contributed by atoms with Crippen molar-refractivity contribution in [2.24, 2.45) is 0 Å². The lowest BCUT2D eigenvalue weighted by Crippen LogP contribution is -2.05. The topological polar surface area (TPSA) is 97.4 Å². The van der Waals surface area contributed by atoms with Gasteiger partial charge in [-0.3, -0.25) is 4.79 Å². The summed E-state index contributed by atoms with van der Waals surface area (Å²) in [4.78, 5) is 12.6. The molecule has 0 atom stereocenters. The average molecular weight is 406 g/mol. The summed E-state index contributed by atoms with van der Waals surface area (Å²) in [5.74, 6) is 1.36. The Balaban J connectivity index is 1.99. The van der Waals surface area contributed by atoms with Crippen molar-refractivity contribution in [3.8, 4) is 28.7 Å². The molecule has 0 fully saturated rings. The number of hydrogen-bond acceptors (Lipinski definition) is 8. The van der Waals surface area contributed by atoms with Crippen LogP contribution in [0, 0.1) is 0 Å². The van der Waals surface area contributed by atoms with E-state index in [4.69, 9.17) is 23.1 Å². The van der Waals surface area contributed by atoms with Crippen LogP contribution in [-0.4, -0.2) is 41.8 Å². The molecule has 0 spiro atoms. The molecule has 9 heteroatoms. The largest absolute Gasteiger partial charge is 0.496 e.